The summed E-state index contributed by atoms with van der Waals surface area (Å²) in [5.41, 5.74) is 1.33. The van der Waals surface area contributed by atoms with Crippen LogP contribution < -0.4 is 9.80 Å². The van der Waals surface area contributed by atoms with Gasteiger partial charge in [0.15, 0.2) is 0 Å². The van der Waals surface area contributed by atoms with Crippen molar-refractivity contribution in [3.8, 4) is 6.07 Å². The molecule has 3 aromatic rings. The summed E-state index contributed by atoms with van der Waals surface area (Å²) in [6.45, 7) is 1.71. The molecule has 1 atom stereocenters. The fourth-order valence-electron chi connectivity index (χ4n) is 3.75. The fourth-order valence-corrected chi connectivity index (χ4v) is 3.75. The zero-order chi connectivity index (χ0) is 22.1. The van der Waals surface area contributed by atoms with Crippen molar-refractivity contribution in [2.45, 2.75) is 19.5 Å². The first-order chi connectivity index (χ1) is 14.9. The highest BCUT2D eigenvalue weighted by molar-refractivity contribution is 6.17. The number of para-hydroxylation sites is 2. The predicted octanol–water partition coefficient (Wildman–Crippen LogP) is 4.42. The third-order valence-electron chi connectivity index (χ3n) is 5.23. The number of nitrogens with zero attached hydrogens (tertiary/aromatic N) is 3. The Morgan fingerprint density at radius 2 is 1.65 bits per heavy atom. The number of rotatable bonds is 3. The number of carbonyl (C=O) groups is 2. The monoisotopic (exact) mass is 417 g/mol. The summed E-state index contributed by atoms with van der Waals surface area (Å²) in [5.74, 6) is -3.29. The molecular formula is C24H17F2N3O2. The van der Waals surface area contributed by atoms with E-state index in [0.29, 0.717) is 16.9 Å². The summed E-state index contributed by atoms with van der Waals surface area (Å²) in [6, 6.07) is 17.9. The molecule has 7 heteroatoms. The zero-order valence-electron chi connectivity index (χ0n) is 16.5. The first kappa shape index (κ1) is 20.2. The molecule has 0 saturated carbocycles. The van der Waals surface area contributed by atoms with Crippen molar-refractivity contribution in [1.82, 2.24) is 0 Å². The van der Waals surface area contributed by atoms with Crippen molar-refractivity contribution in [1.29, 1.82) is 5.26 Å². The maximum Gasteiger partial charge on any atom is 0.265 e. The van der Waals surface area contributed by atoms with Crippen LogP contribution in [0, 0.1) is 23.0 Å². The van der Waals surface area contributed by atoms with Gasteiger partial charge in [0.2, 0.25) is 5.91 Å². The second-order valence-electron chi connectivity index (χ2n) is 7.17. The largest absolute Gasteiger partial charge is 0.304 e. The van der Waals surface area contributed by atoms with E-state index in [4.69, 9.17) is 5.26 Å². The molecule has 0 N–H and O–H groups in total. The van der Waals surface area contributed by atoms with E-state index in [9.17, 15) is 18.4 Å². The average molecular weight is 417 g/mol. The number of anilines is 2. The summed E-state index contributed by atoms with van der Waals surface area (Å²) < 4.78 is 28.6. The van der Waals surface area contributed by atoms with E-state index in [2.05, 4.69) is 6.07 Å². The van der Waals surface area contributed by atoms with Crippen LogP contribution in [0.25, 0.3) is 0 Å². The molecular weight excluding hydrogens is 400 g/mol. The van der Waals surface area contributed by atoms with Gasteiger partial charge in [-0.05, 0) is 48.9 Å². The molecule has 0 fully saturated rings. The van der Waals surface area contributed by atoms with Crippen LogP contribution in [-0.2, 0) is 11.3 Å². The third kappa shape index (κ3) is 3.53. The van der Waals surface area contributed by atoms with E-state index in [1.165, 1.54) is 17.9 Å². The summed E-state index contributed by atoms with van der Waals surface area (Å²) in [7, 11) is 0. The van der Waals surface area contributed by atoms with Gasteiger partial charge in [-0.25, -0.2) is 8.78 Å². The standard InChI is InChI=1S/C24H17F2N3O2/c1-15-23(30)28(14-17-7-4-6-16(12-17)13-27)20-10-2-3-11-21(20)29(15)24(31)22-18(25)8-5-9-19(22)26/h2-12,15H,14H2,1H3. The van der Waals surface area contributed by atoms with E-state index < -0.39 is 35.1 Å². The maximum absolute atomic E-state index is 14.3. The molecule has 4 rings (SSSR count). The molecule has 5 nitrogen and oxygen atoms in total. The summed E-state index contributed by atoms with van der Waals surface area (Å²) >= 11 is 0. The van der Waals surface area contributed by atoms with Gasteiger partial charge in [0.25, 0.3) is 5.91 Å². The number of benzene rings is 3. The second kappa shape index (κ2) is 8.00. The van der Waals surface area contributed by atoms with Crippen LogP contribution in [-0.4, -0.2) is 17.9 Å². The number of amides is 2. The number of nitriles is 1. The van der Waals surface area contributed by atoms with E-state index in [1.54, 1.807) is 48.5 Å². The smallest absolute Gasteiger partial charge is 0.265 e. The Morgan fingerprint density at radius 3 is 2.32 bits per heavy atom. The lowest BCUT2D eigenvalue weighted by Crippen LogP contribution is -2.54. The molecule has 154 valence electrons. The highest BCUT2D eigenvalue weighted by Gasteiger charge is 2.40. The van der Waals surface area contributed by atoms with Crippen molar-refractivity contribution in [3.05, 3.63) is 95.1 Å². The van der Waals surface area contributed by atoms with Gasteiger partial charge in [0.1, 0.15) is 23.2 Å². The number of hydrogen-bond donors (Lipinski definition) is 0. The Morgan fingerprint density at radius 1 is 1.00 bits per heavy atom. The lowest BCUT2D eigenvalue weighted by Gasteiger charge is -2.40. The summed E-state index contributed by atoms with van der Waals surface area (Å²) in [5, 5.41) is 9.13. The van der Waals surface area contributed by atoms with Crippen LogP contribution in [0.5, 0.6) is 0 Å². The average Bonchev–Trinajstić information content (AvgIpc) is 2.77. The molecule has 0 spiro atoms. The molecule has 1 unspecified atom stereocenters. The van der Waals surface area contributed by atoms with Crippen LogP contribution in [0.1, 0.15) is 28.4 Å². The van der Waals surface area contributed by atoms with Crippen molar-refractivity contribution < 1.29 is 18.4 Å². The van der Waals surface area contributed by atoms with Crippen molar-refractivity contribution in [2.24, 2.45) is 0 Å². The lowest BCUT2D eigenvalue weighted by atomic mass is 10.0. The van der Waals surface area contributed by atoms with Crippen LogP contribution >= 0.6 is 0 Å². The molecule has 31 heavy (non-hydrogen) atoms. The molecule has 0 radical (unpaired) electrons. The molecule has 1 aliphatic rings. The van der Waals surface area contributed by atoms with Crippen molar-refractivity contribution >= 4 is 23.2 Å². The highest BCUT2D eigenvalue weighted by atomic mass is 19.1. The lowest BCUT2D eigenvalue weighted by molar-refractivity contribution is -0.119. The van der Waals surface area contributed by atoms with Gasteiger partial charge in [-0.2, -0.15) is 5.26 Å². The van der Waals surface area contributed by atoms with Crippen LogP contribution in [0.3, 0.4) is 0 Å². The summed E-state index contributed by atoms with van der Waals surface area (Å²) in [4.78, 5) is 29.0. The quantitative estimate of drug-likeness (QED) is 0.634. The number of fused-ring (bicyclic) bond motifs is 1. The SMILES string of the molecule is CC1C(=O)N(Cc2cccc(C#N)c2)c2ccccc2N1C(=O)c1c(F)cccc1F. The van der Waals surface area contributed by atoms with Crippen LogP contribution in [0.15, 0.2) is 66.7 Å². The molecule has 3 aromatic carbocycles. The first-order valence-corrected chi connectivity index (χ1v) is 9.59. The second-order valence-corrected chi connectivity index (χ2v) is 7.17. The maximum atomic E-state index is 14.3. The van der Waals surface area contributed by atoms with Gasteiger partial charge >= 0.3 is 0 Å². The molecule has 1 aliphatic heterocycles. The predicted molar refractivity (Wildman–Crippen MR) is 111 cm³/mol. The molecule has 0 aromatic heterocycles. The Kier molecular flexibility index (Phi) is 5.22. The van der Waals surface area contributed by atoms with E-state index >= 15 is 0 Å². The van der Waals surface area contributed by atoms with Gasteiger partial charge in [-0.15, -0.1) is 0 Å². The van der Waals surface area contributed by atoms with Gasteiger partial charge in [-0.1, -0.05) is 30.3 Å². The van der Waals surface area contributed by atoms with E-state index in [1.807, 2.05) is 0 Å². The van der Waals surface area contributed by atoms with Gasteiger partial charge in [0.05, 0.1) is 29.6 Å². The van der Waals surface area contributed by atoms with Gasteiger partial charge < -0.3 is 4.90 Å². The topological polar surface area (TPSA) is 64.4 Å². The minimum atomic E-state index is -0.988. The number of halogens is 2. The Hall–Kier alpha value is -4.05. The highest BCUT2D eigenvalue weighted by Crippen LogP contribution is 2.38. The summed E-state index contributed by atoms with van der Waals surface area (Å²) in [6.07, 6.45) is 0. The van der Waals surface area contributed by atoms with E-state index in [0.717, 1.165) is 22.6 Å². The number of hydrogen-bond acceptors (Lipinski definition) is 3. The minimum absolute atomic E-state index is 0.186. The Balaban J connectivity index is 1.78. The fraction of sp³-hybridized carbons (Fsp3) is 0.125. The van der Waals surface area contributed by atoms with E-state index in [-0.39, 0.29) is 6.54 Å². The van der Waals surface area contributed by atoms with Crippen molar-refractivity contribution in [3.63, 3.8) is 0 Å². The Labute approximate surface area is 177 Å². The molecule has 2 amide bonds. The molecule has 0 bridgehead atoms. The Bertz CT molecular complexity index is 1220. The first-order valence-electron chi connectivity index (χ1n) is 9.59. The van der Waals surface area contributed by atoms with Crippen molar-refractivity contribution in [2.75, 3.05) is 9.80 Å². The number of carbonyl (C=O) groups excluding carboxylic acids is 2. The normalized spacial score (nSPS) is 15.4. The minimum Gasteiger partial charge on any atom is -0.304 e. The molecule has 0 saturated heterocycles. The zero-order valence-corrected chi connectivity index (χ0v) is 16.5. The molecule has 0 aliphatic carbocycles. The third-order valence-corrected chi connectivity index (χ3v) is 5.23. The van der Waals surface area contributed by atoms with Gasteiger partial charge in [0, 0.05) is 0 Å². The van der Waals surface area contributed by atoms with Gasteiger partial charge in [-0.3, -0.25) is 14.5 Å². The van der Waals surface area contributed by atoms with Crippen LogP contribution in [0.2, 0.25) is 0 Å². The molecule has 1 heterocycles. The van der Waals surface area contributed by atoms with Crippen LogP contribution in [0.4, 0.5) is 20.2 Å².